The van der Waals surface area contributed by atoms with Crippen molar-refractivity contribution in [1.29, 1.82) is 0 Å². The second kappa shape index (κ2) is 9.37. The van der Waals surface area contributed by atoms with Crippen molar-refractivity contribution in [3.8, 4) is 11.5 Å². The van der Waals surface area contributed by atoms with Gasteiger partial charge in [-0.3, -0.25) is 9.59 Å². The van der Waals surface area contributed by atoms with Crippen LogP contribution in [0.5, 0.6) is 11.5 Å². The Balaban J connectivity index is 1.78. The van der Waals surface area contributed by atoms with Gasteiger partial charge in [-0.15, -0.1) is 0 Å². The minimum Gasteiger partial charge on any atom is -0.497 e. The highest BCUT2D eigenvalue weighted by Crippen LogP contribution is 2.45. The van der Waals surface area contributed by atoms with Crippen LogP contribution in [0.15, 0.2) is 85.1 Å². The van der Waals surface area contributed by atoms with Crippen LogP contribution in [0.3, 0.4) is 0 Å². The molecule has 0 N–H and O–H groups in total. The largest absolute Gasteiger partial charge is 0.497 e. The first kappa shape index (κ1) is 22.4. The van der Waals surface area contributed by atoms with Gasteiger partial charge < -0.3 is 14.4 Å². The summed E-state index contributed by atoms with van der Waals surface area (Å²) in [5, 5.41) is 0. The molecule has 2 unspecified atom stereocenters. The molecule has 0 aliphatic carbocycles. The van der Waals surface area contributed by atoms with Crippen LogP contribution in [-0.2, 0) is 4.79 Å². The van der Waals surface area contributed by atoms with Crippen LogP contribution in [0.4, 0.5) is 5.69 Å². The number of methoxy groups -OCH3 is 1. The Morgan fingerprint density at radius 2 is 1.58 bits per heavy atom. The highest BCUT2D eigenvalue weighted by molar-refractivity contribution is 6.32. The van der Waals surface area contributed by atoms with E-state index in [1.807, 2.05) is 48.2 Å². The average molecular weight is 437 g/mol. The molecule has 4 rings (SSSR count). The predicted molar refractivity (Wildman–Crippen MR) is 130 cm³/mol. The van der Waals surface area contributed by atoms with Crippen LogP contribution >= 0.6 is 0 Å². The van der Waals surface area contributed by atoms with Crippen molar-refractivity contribution < 1.29 is 19.1 Å². The van der Waals surface area contributed by atoms with E-state index < -0.39 is 12.0 Å². The summed E-state index contributed by atoms with van der Waals surface area (Å²) in [5.74, 6) is -0.137. The van der Waals surface area contributed by atoms with Crippen molar-refractivity contribution in [3.63, 3.8) is 0 Å². The number of allylic oxidation sites excluding steroid dienone is 1. The number of ether oxygens (including phenoxy) is 2. The summed E-state index contributed by atoms with van der Waals surface area (Å²) in [4.78, 5) is 28.9. The van der Waals surface area contributed by atoms with Crippen LogP contribution in [0.2, 0.25) is 0 Å². The molecule has 3 aromatic rings. The van der Waals surface area contributed by atoms with E-state index in [1.54, 1.807) is 43.5 Å². The van der Waals surface area contributed by atoms with E-state index in [-0.39, 0.29) is 17.3 Å². The minimum atomic E-state index is -0.943. The first-order valence-electron chi connectivity index (χ1n) is 10.7. The lowest BCUT2D eigenvalue weighted by Crippen LogP contribution is -2.29. The molecule has 1 aliphatic heterocycles. The molecule has 0 spiro atoms. The van der Waals surface area contributed by atoms with Crippen LogP contribution in [0, 0.1) is 5.92 Å². The molecule has 1 aliphatic rings. The number of Topliss-reactive ketones (excluding diaryl/α,β-unsaturated/α-hetero) is 2. The maximum absolute atomic E-state index is 13.6. The minimum absolute atomic E-state index is 0.262. The third-order valence-corrected chi connectivity index (χ3v) is 5.81. The standard InChI is InChI=1S/C27H24BNO4/c1-4-33-23-13-7-19(8-14-23)27(31)24-25(18-5-9-20(28)10-6-18)29(17(2)26(24)30)21-11-15-22(32-3)16-12-21/h5-16,24-25H,2,4H2,1,3H3. The van der Waals surface area contributed by atoms with Gasteiger partial charge in [-0.05, 0) is 61.0 Å². The lowest BCUT2D eigenvalue weighted by Gasteiger charge is -2.29. The van der Waals surface area contributed by atoms with Gasteiger partial charge in [0.05, 0.1) is 25.5 Å². The maximum Gasteiger partial charge on any atom is 0.191 e. The molecule has 1 fully saturated rings. The molecule has 33 heavy (non-hydrogen) atoms. The fourth-order valence-corrected chi connectivity index (χ4v) is 4.18. The van der Waals surface area contributed by atoms with Gasteiger partial charge in [0.25, 0.3) is 0 Å². The number of carbonyl (C=O) groups is 2. The van der Waals surface area contributed by atoms with Gasteiger partial charge >= 0.3 is 0 Å². The van der Waals surface area contributed by atoms with Crippen molar-refractivity contribution in [1.82, 2.24) is 0 Å². The Labute approximate surface area is 195 Å². The summed E-state index contributed by atoms with van der Waals surface area (Å²) in [7, 11) is 7.48. The first-order valence-corrected chi connectivity index (χ1v) is 10.7. The zero-order chi connectivity index (χ0) is 23.5. The Morgan fingerprint density at radius 1 is 0.970 bits per heavy atom. The van der Waals surface area contributed by atoms with Crippen LogP contribution < -0.4 is 19.8 Å². The molecule has 2 radical (unpaired) electrons. The molecular formula is C27H24BNO4. The average Bonchev–Trinajstić information content (AvgIpc) is 3.10. The van der Waals surface area contributed by atoms with Gasteiger partial charge in [0.2, 0.25) is 0 Å². The Morgan fingerprint density at radius 3 is 2.15 bits per heavy atom. The predicted octanol–water partition coefficient (Wildman–Crippen LogP) is 4.03. The summed E-state index contributed by atoms with van der Waals surface area (Å²) in [5.41, 5.74) is 2.87. The van der Waals surface area contributed by atoms with Crippen molar-refractivity contribution >= 4 is 30.6 Å². The van der Waals surface area contributed by atoms with Crippen molar-refractivity contribution in [2.45, 2.75) is 13.0 Å². The van der Waals surface area contributed by atoms with Crippen molar-refractivity contribution in [3.05, 3.63) is 96.2 Å². The van der Waals surface area contributed by atoms with Crippen LogP contribution in [0.1, 0.15) is 28.9 Å². The van der Waals surface area contributed by atoms with E-state index in [1.165, 1.54) is 0 Å². The summed E-state index contributed by atoms with van der Waals surface area (Å²) < 4.78 is 10.7. The number of carbonyl (C=O) groups excluding carboxylic acids is 2. The van der Waals surface area contributed by atoms with Gasteiger partial charge in [-0.2, -0.15) is 0 Å². The zero-order valence-electron chi connectivity index (χ0n) is 18.7. The van der Waals surface area contributed by atoms with E-state index in [0.29, 0.717) is 29.1 Å². The van der Waals surface area contributed by atoms with E-state index in [9.17, 15) is 9.59 Å². The number of benzene rings is 3. The number of nitrogens with zero attached hydrogens (tertiary/aromatic N) is 1. The normalized spacial score (nSPS) is 17.8. The smallest absolute Gasteiger partial charge is 0.191 e. The maximum atomic E-state index is 13.6. The van der Waals surface area contributed by atoms with Gasteiger partial charge in [0, 0.05) is 11.3 Å². The molecule has 2 atom stereocenters. The van der Waals surface area contributed by atoms with Gasteiger partial charge in [-0.25, -0.2) is 0 Å². The second-order valence-electron chi connectivity index (χ2n) is 7.79. The molecule has 164 valence electrons. The lowest BCUT2D eigenvalue weighted by molar-refractivity contribution is -0.116. The molecule has 1 heterocycles. The highest BCUT2D eigenvalue weighted by atomic mass is 16.5. The lowest BCUT2D eigenvalue weighted by atomic mass is 9.85. The third kappa shape index (κ3) is 4.29. The number of hydrogen-bond donors (Lipinski definition) is 0. The first-order chi connectivity index (χ1) is 15.9. The Kier molecular flexibility index (Phi) is 6.36. The number of rotatable bonds is 7. The Bertz CT molecular complexity index is 1170. The molecular weight excluding hydrogens is 413 g/mol. The number of hydrogen-bond acceptors (Lipinski definition) is 5. The number of ketones is 2. The quantitative estimate of drug-likeness (QED) is 0.242. The fraction of sp³-hybridized carbons (Fsp3) is 0.185. The summed E-state index contributed by atoms with van der Waals surface area (Å²) in [6, 6.07) is 20.9. The highest BCUT2D eigenvalue weighted by Gasteiger charge is 2.48. The van der Waals surface area contributed by atoms with E-state index in [4.69, 9.17) is 17.3 Å². The Hall–Kier alpha value is -3.80. The second-order valence-corrected chi connectivity index (χ2v) is 7.79. The molecule has 0 saturated carbocycles. The van der Waals surface area contributed by atoms with Crippen LogP contribution in [-0.4, -0.2) is 33.1 Å². The fourth-order valence-electron chi connectivity index (χ4n) is 4.18. The van der Waals surface area contributed by atoms with E-state index >= 15 is 0 Å². The molecule has 1 saturated heterocycles. The molecule has 6 heteroatoms. The molecule has 5 nitrogen and oxygen atoms in total. The van der Waals surface area contributed by atoms with Gasteiger partial charge in [-0.1, -0.05) is 36.3 Å². The van der Waals surface area contributed by atoms with Crippen molar-refractivity contribution in [2.24, 2.45) is 5.92 Å². The van der Waals surface area contributed by atoms with Crippen molar-refractivity contribution in [2.75, 3.05) is 18.6 Å². The zero-order valence-corrected chi connectivity index (χ0v) is 18.7. The monoisotopic (exact) mass is 437 g/mol. The molecule has 3 aromatic carbocycles. The summed E-state index contributed by atoms with van der Waals surface area (Å²) >= 11 is 0. The summed E-state index contributed by atoms with van der Waals surface area (Å²) in [6.07, 6.45) is 0. The van der Waals surface area contributed by atoms with Crippen LogP contribution in [0.25, 0.3) is 0 Å². The van der Waals surface area contributed by atoms with E-state index in [0.717, 1.165) is 11.3 Å². The number of anilines is 1. The van der Waals surface area contributed by atoms with Gasteiger partial charge in [0.1, 0.15) is 25.3 Å². The van der Waals surface area contributed by atoms with E-state index in [2.05, 4.69) is 6.58 Å². The third-order valence-electron chi connectivity index (χ3n) is 5.81. The molecule has 0 amide bonds. The van der Waals surface area contributed by atoms with Gasteiger partial charge in [0.15, 0.2) is 11.6 Å². The SMILES string of the molecule is [B]c1ccc(C2C(C(=O)c3ccc(OCC)cc3)C(=O)C(=C)N2c2ccc(OC)cc2)cc1. The molecule has 0 bridgehead atoms. The summed E-state index contributed by atoms with van der Waals surface area (Å²) in [6.45, 7) is 6.47. The molecule has 0 aromatic heterocycles. The topological polar surface area (TPSA) is 55.8 Å².